The van der Waals surface area contributed by atoms with E-state index in [1.165, 1.54) is 38.5 Å². The van der Waals surface area contributed by atoms with Gasteiger partial charge in [-0.2, -0.15) is 0 Å². The third-order valence-corrected chi connectivity index (χ3v) is 6.14. The fourth-order valence-corrected chi connectivity index (χ4v) is 4.96. The summed E-state index contributed by atoms with van der Waals surface area (Å²) < 4.78 is 3.60. The molecule has 3 heterocycles. The fraction of sp³-hybridized carbons (Fsp3) is 0.714. The van der Waals surface area contributed by atoms with Gasteiger partial charge in [-0.15, -0.1) is 0 Å². The first-order valence-corrected chi connectivity index (χ1v) is 10.2. The van der Waals surface area contributed by atoms with Crippen LogP contribution in [0.3, 0.4) is 0 Å². The summed E-state index contributed by atoms with van der Waals surface area (Å²) >= 11 is 0. The lowest BCUT2D eigenvalue weighted by Gasteiger charge is -2.44. The second-order valence-electron chi connectivity index (χ2n) is 9.45. The van der Waals surface area contributed by atoms with Crippen molar-refractivity contribution in [2.75, 3.05) is 11.4 Å². The number of anilines is 1. The second kappa shape index (κ2) is 6.43. The van der Waals surface area contributed by atoms with Crippen molar-refractivity contribution < 1.29 is 0 Å². The van der Waals surface area contributed by atoms with E-state index < -0.39 is 0 Å². The molecule has 0 bridgehead atoms. The smallest absolute Gasteiger partial charge is 0.330 e. The van der Waals surface area contributed by atoms with E-state index in [0.29, 0.717) is 12.6 Å². The molecule has 2 aromatic heterocycles. The van der Waals surface area contributed by atoms with Crippen LogP contribution in [0.1, 0.15) is 59.3 Å². The zero-order valence-electron chi connectivity index (χ0n) is 16.7. The topological polar surface area (TPSA) is 43.1 Å². The summed E-state index contributed by atoms with van der Waals surface area (Å²) in [5.74, 6) is 1.88. The highest BCUT2D eigenvalue weighted by Crippen LogP contribution is 2.37. The Balaban J connectivity index is 1.74. The van der Waals surface area contributed by atoms with Crippen molar-refractivity contribution in [1.29, 1.82) is 0 Å². The highest BCUT2D eigenvalue weighted by molar-refractivity contribution is 5.74. The van der Waals surface area contributed by atoms with Crippen molar-refractivity contribution in [3.63, 3.8) is 0 Å². The minimum Gasteiger partial charge on any atom is -0.353 e. The van der Waals surface area contributed by atoms with Gasteiger partial charge < -0.3 is 4.90 Å². The number of aryl methyl sites for hydroxylation is 1. The minimum absolute atomic E-state index is 0.0359. The first-order valence-electron chi connectivity index (χ1n) is 10.2. The van der Waals surface area contributed by atoms with Crippen molar-refractivity contribution >= 4 is 17.0 Å². The lowest BCUT2D eigenvalue weighted by molar-refractivity contribution is 0.243. The minimum atomic E-state index is 0.0359. The van der Waals surface area contributed by atoms with Crippen LogP contribution in [0.4, 0.5) is 5.82 Å². The number of fused-ring (bicyclic) bond motifs is 2. The Morgan fingerprint density at radius 3 is 2.62 bits per heavy atom. The van der Waals surface area contributed by atoms with Crippen LogP contribution in [0.2, 0.25) is 0 Å². The van der Waals surface area contributed by atoms with Crippen LogP contribution in [0, 0.1) is 11.3 Å². The number of hydrogen-bond donors (Lipinski definition) is 0. The monoisotopic (exact) mass is 356 g/mol. The molecular weight excluding hydrogens is 324 g/mol. The number of imidazole rings is 1. The zero-order chi connectivity index (χ0) is 18.5. The Labute approximate surface area is 156 Å². The number of nitrogens with zero attached hydrogens (tertiary/aromatic N) is 4. The van der Waals surface area contributed by atoms with Gasteiger partial charge in [0.25, 0.3) is 0 Å². The van der Waals surface area contributed by atoms with E-state index in [1.54, 1.807) is 4.57 Å². The molecule has 1 aliphatic carbocycles. The predicted molar refractivity (Wildman–Crippen MR) is 107 cm³/mol. The first-order chi connectivity index (χ1) is 12.3. The van der Waals surface area contributed by atoms with Crippen LogP contribution >= 0.6 is 0 Å². The fourth-order valence-electron chi connectivity index (χ4n) is 4.96. The average Bonchev–Trinajstić information content (AvgIpc) is 2.84. The summed E-state index contributed by atoms with van der Waals surface area (Å²) in [6, 6.07) is 4.88. The molecule has 1 aliphatic heterocycles. The van der Waals surface area contributed by atoms with Gasteiger partial charge in [-0.05, 0) is 49.1 Å². The lowest BCUT2D eigenvalue weighted by atomic mass is 9.78. The molecule has 2 fully saturated rings. The molecule has 2 aromatic rings. The summed E-state index contributed by atoms with van der Waals surface area (Å²) in [5, 5.41) is 0. The Morgan fingerprint density at radius 1 is 1.12 bits per heavy atom. The molecule has 0 spiro atoms. The average molecular weight is 357 g/mol. The van der Waals surface area contributed by atoms with Crippen molar-refractivity contribution in [3.05, 3.63) is 22.6 Å². The molecule has 26 heavy (non-hydrogen) atoms. The van der Waals surface area contributed by atoms with Gasteiger partial charge in [-0.25, -0.2) is 9.78 Å². The molecule has 1 saturated heterocycles. The summed E-state index contributed by atoms with van der Waals surface area (Å²) in [7, 11) is 1.85. The van der Waals surface area contributed by atoms with Gasteiger partial charge in [0.1, 0.15) is 5.82 Å². The van der Waals surface area contributed by atoms with E-state index in [4.69, 9.17) is 4.98 Å². The molecule has 2 atom stereocenters. The van der Waals surface area contributed by atoms with Gasteiger partial charge in [0.15, 0.2) is 5.65 Å². The Bertz CT molecular complexity index is 855. The maximum atomic E-state index is 12.8. The standard InChI is InChI=1S/C21H32N4O/c1-21(2,3)14-25-17-11-12-18(22-19(17)23(4)20(25)26)24-13-7-9-15-8-5-6-10-16(15)24/h11-12,15-16H,5-10,13-14H2,1-4H3. The number of hydrogen-bond acceptors (Lipinski definition) is 3. The first kappa shape index (κ1) is 17.6. The summed E-state index contributed by atoms with van der Waals surface area (Å²) in [6.45, 7) is 8.29. The molecule has 0 radical (unpaired) electrons. The van der Waals surface area contributed by atoms with Crippen LogP contribution in [0.25, 0.3) is 11.2 Å². The maximum Gasteiger partial charge on any atom is 0.330 e. The summed E-state index contributed by atoms with van der Waals surface area (Å²) in [5.41, 5.74) is 1.86. The van der Waals surface area contributed by atoms with Crippen LogP contribution < -0.4 is 10.6 Å². The van der Waals surface area contributed by atoms with Gasteiger partial charge >= 0.3 is 5.69 Å². The molecule has 0 N–H and O–H groups in total. The quantitative estimate of drug-likeness (QED) is 0.818. The third-order valence-electron chi connectivity index (χ3n) is 6.14. The van der Waals surface area contributed by atoms with E-state index in [-0.39, 0.29) is 11.1 Å². The van der Waals surface area contributed by atoms with E-state index in [2.05, 4.69) is 37.8 Å². The SMILES string of the molecule is Cn1c(=O)n(CC(C)(C)C)c2ccc(N3CCCC4CCCCC43)nc21. The zero-order valence-corrected chi connectivity index (χ0v) is 16.7. The van der Waals surface area contributed by atoms with Gasteiger partial charge in [0, 0.05) is 26.2 Å². The largest absolute Gasteiger partial charge is 0.353 e. The van der Waals surface area contributed by atoms with Gasteiger partial charge in [-0.3, -0.25) is 9.13 Å². The number of piperidine rings is 1. The van der Waals surface area contributed by atoms with E-state index in [0.717, 1.165) is 29.4 Å². The molecule has 2 aliphatic rings. The Kier molecular flexibility index (Phi) is 4.36. The van der Waals surface area contributed by atoms with Crippen LogP contribution in [-0.2, 0) is 13.6 Å². The van der Waals surface area contributed by atoms with Crippen LogP contribution in [0.15, 0.2) is 16.9 Å². The number of pyridine rings is 1. The second-order valence-corrected chi connectivity index (χ2v) is 9.45. The summed E-state index contributed by atoms with van der Waals surface area (Å²) in [4.78, 5) is 20.2. The molecule has 5 heteroatoms. The number of rotatable bonds is 2. The van der Waals surface area contributed by atoms with E-state index >= 15 is 0 Å². The number of aromatic nitrogens is 3. The van der Waals surface area contributed by atoms with Gasteiger partial charge in [-0.1, -0.05) is 33.6 Å². The van der Waals surface area contributed by atoms with Crippen molar-refractivity contribution in [2.45, 2.75) is 71.9 Å². The Hall–Kier alpha value is -1.78. The molecular formula is C21H32N4O. The van der Waals surface area contributed by atoms with Crippen LogP contribution in [0.5, 0.6) is 0 Å². The van der Waals surface area contributed by atoms with Crippen LogP contribution in [-0.4, -0.2) is 26.7 Å². The third kappa shape index (κ3) is 3.06. The molecule has 142 valence electrons. The highest BCUT2D eigenvalue weighted by atomic mass is 16.1. The summed E-state index contributed by atoms with van der Waals surface area (Å²) in [6.07, 6.45) is 7.99. The Morgan fingerprint density at radius 2 is 1.85 bits per heavy atom. The molecule has 5 nitrogen and oxygen atoms in total. The van der Waals surface area contributed by atoms with Crippen molar-refractivity contribution in [1.82, 2.24) is 14.1 Å². The highest BCUT2D eigenvalue weighted by Gasteiger charge is 2.34. The maximum absolute atomic E-state index is 12.8. The molecule has 1 saturated carbocycles. The van der Waals surface area contributed by atoms with E-state index in [1.807, 2.05) is 11.6 Å². The normalized spacial score (nSPS) is 24.1. The van der Waals surface area contributed by atoms with E-state index in [9.17, 15) is 4.79 Å². The van der Waals surface area contributed by atoms with Gasteiger partial charge in [0.2, 0.25) is 0 Å². The molecule has 2 unspecified atom stereocenters. The van der Waals surface area contributed by atoms with Crippen molar-refractivity contribution in [2.24, 2.45) is 18.4 Å². The predicted octanol–water partition coefficient (Wildman–Crippen LogP) is 3.94. The van der Waals surface area contributed by atoms with Gasteiger partial charge in [0.05, 0.1) is 5.52 Å². The molecule has 0 amide bonds. The molecule has 4 rings (SSSR count). The lowest BCUT2D eigenvalue weighted by Crippen LogP contribution is -2.47. The molecule has 0 aromatic carbocycles. The van der Waals surface area contributed by atoms with Crippen molar-refractivity contribution in [3.8, 4) is 0 Å².